The number of hydrogen-bond acceptors (Lipinski definition) is 5. The predicted octanol–water partition coefficient (Wildman–Crippen LogP) is 3.49. The minimum atomic E-state index is -0.302. The van der Waals surface area contributed by atoms with Crippen LogP contribution in [-0.4, -0.2) is 36.3 Å². The van der Waals surface area contributed by atoms with Gasteiger partial charge < -0.3 is 14.8 Å². The van der Waals surface area contributed by atoms with Gasteiger partial charge in [0.05, 0.1) is 13.2 Å². The van der Waals surface area contributed by atoms with Crippen molar-refractivity contribution >= 4 is 17.7 Å². The third kappa shape index (κ3) is 4.45. The molecule has 160 valence electrons. The molecule has 0 aliphatic carbocycles. The Morgan fingerprint density at radius 3 is 2.52 bits per heavy atom. The van der Waals surface area contributed by atoms with Gasteiger partial charge in [-0.25, -0.2) is 0 Å². The third-order valence-electron chi connectivity index (χ3n) is 5.47. The number of para-hydroxylation sites is 1. The number of rotatable bonds is 8. The highest BCUT2D eigenvalue weighted by molar-refractivity contribution is 6.12. The van der Waals surface area contributed by atoms with Gasteiger partial charge in [0.25, 0.3) is 11.8 Å². The van der Waals surface area contributed by atoms with Crippen LogP contribution in [0.5, 0.6) is 17.2 Å². The van der Waals surface area contributed by atoms with Gasteiger partial charge in [0, 0.05) is 42.3 Å². The fraction of sp³-hybridized carbons (Fsp3) is 0.292. The summed E-state index contributed by atoms with van der Waals surface area (Å²) in [7, 11) is 1.60. The third-order valence-corrected chi connectivity index (χ3v) is 5.47. The van der Waals surface area contributed by atoms with Crippen LogP contribution in [0, 0.1) is 0 Å². The van der Waals surface area contributed by atoms with E-state index in [1.165, 1.54) is 17.1 Å². The standard InChI is InChI=1S/C24H24N2O5/c1-30-16-10-11-18-20(15-16)31-19-8-5-4-7-17(19)24(18)25-21(27)9-3-2-6-14-26-22(28)12-13-23(26)29/h4-5,7-8,10-13,15,24H,2-3,6,9,14H2,1H3,(H,25,27). The van der Waals surface area contributed by atoms with E-state index in [9.17, 15) is 14.4 Å². The fourth-order valence-electron chi connectivity index (χ4n) is 3.84. The van der Waals surface area contributed by atoms with E-state index in [-0.39, 0.29) is 23.8 Å². The molecule has 0 saturated carbocycles. The molecule has 0 bridgehead atoms. The van der Waals surface area contributed by atoms with Gasteiger partial charge in [-0.05, 0) is 31.0 Å². The molecular formula is C24H24N2O5. The van der Waals surface area contributed by atoms with Crippen LogP contribution in [0.3, 0.4) is 0 Å². The zero-order valence-corrected chi connectivity index (χ0v) is 17.3. The number of amides is 3. The molecule has 4 rings (SSSR count). The Bertz CT molecular complexity index is 1030. The van der Waals surface area contributed by atoms with E-state index in [1.807, 2.05) is 42.5 Å². The monoisotopic (exact) mass is 420 g/mol. The first-order chi connectivity index (χ1) is 15.1. The smallest absolute Gasteiger partial charge is 0.253 e. The Morgan fingerprint density at radius 2 is 1.74 bits per heavy atom. The Kier molecular flexibility index (Phi) is 6.02. The number of imide groups is 1. The van der Waals surface area contributed by atoms with Crippen LogP contribution in [0.15, 0.2) is 54.6 Å². The fourth-order valence-corrected chi connectivity index (χ4v) is 3.84. The second-order valence-corrected chi connectivity index (χ2v) is 7.52. The van der Waals surface area contributed by atoms with Crippen LogP contribution >= 0.6 is 0 Å². The number of fused-ring (bicyclic) bond motifs is 2. The van der Waals surface area contributed by atoms with Crippen LogP contribution < -0.4 is 14.8 Å². The molecule has 7 heteroatoms. The molecular weight excluding hydrogens is 396 g/mol. The number of nitrogens with one attached hydrogen (secondary N) is 1. The number of hydrogen-bond donors (Lipinski definition) is 1. The minimum Gasteiger partial charge on any atom is -0.497 e. The van der Waals surface area contributed by atoms with E-state index < -0.39 is 0 Å². The maximum atomic E-state index is 12.7. The van der Waals surface area contributed by atoms with Crippen molar-refractivity contribution in [2.75, 3.05) is 13.7 Å². The first-order valence-corrected chi connectivity index (χ1v) is 10.3. The number of benzene rings is 2. The van der Waals surface area contributed by atoms with Gasteiger partial charge in [-0.15, -0.1) is 0 Å². The van der Waals surface area contributed by atoms with Crippen LogP contribution in [0.25, 0.3) is 0 Å². The molecule has 0 saturated heterocycles. The highest BCUT2D eigenvalue weighted by Crippen LogP contribution is 2.44. The number of nitrogens with zero attached hydrogens (tertiary/aromatic N) is 1. The van der Waals surface area contributed by atoms with Crippen molar-refractivity contribution in [1.82, 2.24) is 10.2 Å². The van der Waals surface area contributed by atoms with Gasteiger partial charge in [-0.2, -0.15) is 0 Å². The molecule has 3 amide bonds. The van der Waals surface area contributed by atoms with Gasteiger partial charge in [-0.1, -0.05) is 24.6 Å². The molecule has 0 fully saturated rings. The Balaban J connectivity index is 1.35. The Morgan fingerprint density at radius 1 is 1.00 bits per heavy atom. The van der Waals surface area contributed by atoms with Crippen molar-refractivity contribution in [3.8, 4) is 17.2 Å². The lowest BCUT2D eigenvalue weighted by Gasteiger charge is -2.29. The van der Waals surface area contributed by atoms with E-state index >= 15 is 0 Å². The van der Waals surface area contributed by atoms with Crippen LogP contribution in [0.2, 0.25) is 0 Å². The average Bonchev–Trinajstić information content (AvgIpc) is 3.10. The summed E-state index contributed by atoms with van der Waals surface area (Å²) in [5.41, 5.74) is 1.79. The lowest BCUT2D eigenvalue weighted by atomic mass is 9.94. The molecule has 0 aromatic heterocycles. The summed E-state index contributed by atoms with van der Waals surface area (Å²) in [4.78, 5) is 37.0. The first-order valence-electron chi connectivity index (χ1n) is 10.3. The Hall–Kier alpha value is -3.61. The molecule has 1 unspecified atom stereocenters. The highest BCUT2D eigenvalue weighted by atomic mass is 16.5. The molecule has 2 aliphatic rings. The number of carbonyl (C=O) groups is 3. The largest absolute Gasteiger partial charge is 0.497 e. The SMILES string of the molecule is COc1ccc2c(c1)Oc1ccccc1C2NC(=O)CCCCCN1C(=O)C=CC1=O. The van der Waals surface area contributed by atoms with E-state index in [2.05, 4.69) is 5.32 Å². The van der Waals surface area contributed by atoms with Crippen molar-refractivity contribution < 1.29 is 23.9 Å². The summed E-state index contributed by atoms with van der Waals surface area (Å²) >= 11 is 0. The minimum absolute atomic E-state index is 0.0570. The van der Waals surface area contributed by atoms with Gasteiger partial charge in [0.1, 0.15) is 17.2 Å². The van der Waals surface area contributed by atoms with Gasteiger partial charge in [-0.3, -0.25) is 19.3 Å². The summed E-state index contributed by atoms with van der Waals surface area (Å²) < 4.78 is 11.3. The van der Waals surface area contributed by atoms with Crippen molar-refractivity contribution in [2.24, 2.45) is 0 Å². The maximum Gasteiger partial charge on any atom is 0.253 e. The van der Waals surface area contributed by atoms with E-state index in [0.717, 1.165) is 17.5 Å². The molecule has 0 radical (unpaired) electrons. The van der Waals surface area contributed by atoms with E-state index in [1.54, 1.807) is 7.11 Å². The first kappa shape index (κ1) is 20.7. The molecule has 1 atom stereocenters. The van der Waals surface area contributed by atoms with Gasteiger partial charge >= 0.3 is 0 Å². The number of unbranched alkanes of at least 4 members (excludes halogenated alkanes) is 2. The highest BCUT2D eigenvalue weighted by Gasteiger charge is 2.28. The van der Waals surface area contributed by atoms with Crippen molar-refractivity contribution in [3.63, 3.8) is 0 Å². The summed E-state index contributed by atoms with van der Waals surface area (Å²) in [6, 6.07) is 12.9. The van der Waals surface area contributed by atoms with Crippen LogP contribution in [-0.2, 0) is 14.4 Å². The summed E-state index contributed by atoms with van der Waals surface area (Å²) in [5.74, 6) is 1.47. The zero-order valence-electron chi connectivity index (χ0n) is 17.3. The number of ether oxygens (including phenoxy) is 2. The van der Waals surface area contributed by atoms with Crippen molar-refractivity contribution in [2.45, 2.75) is 31.7 Å². The molecule has 7 nitrogen and oxygen atoms in total. The topological polar surface area (TPSA) is 84.9 Å². The van der Waals surface area contributed by atoms with Gasteiger partial charge in [0.2, 0.25) is 5.91 Å². The Labute approximate surface area is 180 Å². The van der Waals surface area contributed by atoms with E-state index in [4.69, 9.17) is 9.47 Å². The lowest BCUT2D eigenvalue weighted by Crippen LogP contribution is -2.31. The predicted molar refractivity (Wildman–Crippen MR) is 114 cm³/mol. The maximum absolute atomic E-state index is 12.7. The van der Waals surface area contributed by atoms with Crippen molar-refractivity contribution in [3.05, 3.63) is 65.7 Å². The normalized spacial score (nSPS) is 16.5. The van der Waals surface area contributed by atoms with E-state index in [0.29, 0.717) is 43.1 Å². The lowest BCUT2D eigenvalue weighted by molar-refractivity contribution is -0.137. The second-order valence-electron chi connectivity index (χ2n) is 7.52. The average molecular weight is 420 g/mol. The molecule has 2 heterocycles. The molecule has 1 N–H and O–H groups in total. The summed E-state index contributed by atoms with van der Waals surface area (Å²) in [6.07, 6.45) is 5.04. The summed E-state index contributed by atoms with van der Waals surface area (Å²) in [5, 5.41) is 3.13. The zero-order chi connectivity index (χ0) is 21.8. The van der Waals surface area contributed by atoms with Crippen molar-refractivity contribution in [1.29, 1.82) is 0 Å². The molecule has 31 heavy (non-hydrogen) atoms. The van der Waals surface area contributed by atoms with Crippen LogP contribution in [0.4, 0.5) is 0 Å². The molecule has 0 spiro atoms. The number of carbonyl (C=O) groups excluding carboxylic acids is 3. The molecule has 2 aromatic rings. The summed E-state index contributed by atoms with van der Waals surface area (Å²) in [6.45, 7) is 0.384. The van der Waals surface area contributed by atoms with Gasteiger partial charge in [0.15, 0.2) is 0 Å². The van der Waals surface area contributed by atoms with Crippen LogP contribution in [0.1, 0.15) is 42.9 Å². The molecule has 2 aromatic carbocycles. The number of methoxy groups -OCH3 is 1. The molecule has 2 aliphatic heterocycles. The quantitative estimate of drug-likeness (QED) is 0.522. The second kappa shape index (κ2) is 9.04.